The Labute approximate surface area is 215 Å². The van der Waals surface area contributed by atoms with Crippen LogP contribution in [-0.2, 0) is 0 Å². The highest BCUT2D eigenvalue weighted by atomic mass is 79.9. The second kappa shape index (κ2) is 8.81. The number of para-hydroxylation sites is 1. The smallest absolute Gasteiger partial charge is 0.295 e. The van der Waals surface area contributed by atoms with Crippen molar-refractivity contribution < 1.29 is 13.9 Å². The van der Waals surface area contributed by atoms with E-state index in [9.17, 15) is 9.59 Å². The molecular weight excluding hydrogens is 518 g/mol. The van der Waals surface area contributed by atoms with Gasteiger partial charge in [-0.2, -0.15) is 0 Å². The maximum absolute atomic E-state index is 13.8. The summed E-state index contributed by atoms with van der Waals surface area (Å²) in [7, 11) is 0. The van der Waals surface area contributed by atoms with Gasteiger partial charge in [-0.15, -0.1) is 0 Å². The van der Waals surface area contributed by atoms with Gasteiger partial charge in [0.15, 0.2) is 5.43 Å². The van der Waals surface area contributed by atoms with Gasteiger partial charge in [0.2, 0.25) is 5.76 Å². The van der Waals surface area contributed by atoms with Gasteiger partial charge in [0.05, 0.1) is 17.0 Å². The van der Waals surface area contributed by atoms with Crippen molar-refractivity contribution in [1.29, 1.82) is 0 Å². The first kappa shape index (κ1) is 22.3. The van der Waals surface area contributed by atoms with Gasteiger partial charge in [-0.3, -0.25) is 14.5 Å². The van der Waals surface area contributed by atoms with Gasteiger partial charge in [0.25, 0.3) is 5.91 Å². The van der Waals surface area contributed by atoms with Gasteiger partial charge in [0.1, 0.15) is 17.1 Å². The molecule has 2 heterocycles. The van der Waals surface area contributed by atoms with E-state index < -0.39 is 6.04 Å². The molecule has 0 N–H and O–H groups in total. The molecule has 0 radical (unpaired) electrons. The van der Waals surface area contributed by atoms with E-state index in [-0.39, 0.29) is 17.1 Å². The van der Waals surface area contributed by atoms with Crippen LogP contribution in [0.3, 0.4) is 0 Å². The minimum absolute atomic E-state index is 0.0646. The van der Waals surface area contributed by atoms with E-state index in [0.29, 0.717) is 33.7 Å². The van der Waals surface area contributed by atoms with E-state index in [4.69, 9.17) is 9.15 Å². The molecule has 1 amide bonds. The summed E-state index contributed by atoms with van der Waals surface area (Å²) in [5.74, 6) is 1.02. The second-order valence-corrected chi connectivity index (χ2v) is 9.63. The van der Waals surface area contributed by atoms with Gasteiger partial charge in [0, 0.05) is 10.2 Å². The number of anilines is 1. The van der Waals surface area contributed by atoms with Gasteiger partial charge >= 0.3 is 0 Å². The number of hydrogen-bond acceptors (Lipinski definition) is 4. The molecule has 0 fully saturated rings. The molecule has 6 rings (SSSR count). The van der Waals surface area contributed by atoms with Crippen LogP contribution in [0.4, 0.5) is 5.69 Å². The molecule has 0 saturated heterocycles. The number of aryl methyl sites for hydroxylation is 1. The third-order valence-corrected chi connectivity index (χ3v) is 6.79. The van der Waals surface area contributed by atoms with Crippen LogP contribution in [0.2, 0.25) is 0 Å². The van der Waals surface area contributed by atoms with E-state index in [0.717, 1.165) is 15.6 Å². The molecule has 1 unspecified atom stereocenters. The lowest BCUT2D eigenvalue weighted by Crippen LogP contribution is -2.29. The molecule has 0 aliphatic carbocycles. The molecule has 5 aromatic rings. The first-order valence-electron chi connectivity index (χ1n) is 11.5. The number of amides is 1. The topological polar surface area (TPSA) is 59.8 Å². The molecule has 0 saturated carbocycles. The maximum atomic E-state index is 13.8. The largest absolute Gasteiger partial charge is 0.457 e. The van der Waals surface area contributed by atoms with Gasteiger partial charge < -0.3 is 9.15 Å². The molecule has 36 heavy (non-hydrogen) atoms. The zero-order chi connectivity index (χ0) is 24.8. The summed E-state index contributed by atoms with van der Waals surface area (Å²) in [5, 5.41) is 0.420. The molecule has 4 aromatic carbocycles. The van der Waals surface area contributed by atoms with Crippen molar-refractivity contribution >= 4 is 38.5 Å². The Hall–Kier alpha value is -4.16. The molecule has 1 aliphatic rings. The fourth-order valence-corrected chi connectivity index (χ4v) is 4.97. The molecule has 1 atom stereocenters. The summed E-state index contributed by atoms with van der Waals surface area (Å²) in [6.45, 7) is 1.99. The summed E-state index contributed by atoms with van der Waals surface area (Å²) in [4.78, 5) is 29.2. The van der Waals surface area contributed by atoms with Crippen LogP contribution in [-0.4, -0.2) is 5.91 Å². The van der Waals surface area contributed by atoms with Crippen LogP contribution in [0.1, 0.15) is 33.3 Å². The van der Waals surface area contributed by atoms with Crippen molar-refractivity contribution in [2.45, 2.75) is 13.0 Å². The normalized spacial score (nSPS) is 14.8. The lowest BCUT2D eigenvalue weighted by molar-refractivity contribution is 0.0971. The summed E-state index contributed by atoms with van der Waals surface area (Å²) < 4.78 is 12.9. The number of ether oxygens (including phenoxy) is 1. The van der Waals surface area contributed by atoms with Crippen LogP contribution in [0.25, 0.3) is 11.0 Å². The number of hydrogen-bond donors (Lipinski definition) is 0. The molecule has 1 aliphatic heterocycles. The predicted octanol–water partition coefficient (Wildman–Crippen LogP) is 7.41. The van der Waals surface area contributed by atoms with Crippen molar-refractivity contribution in [3.8, 4) is 11.5 Å². The molecule has 1 aromatic heterocycles. The summed E-state index contributed by atoms with van der Waals surface area (Å²) >= 11 is 3.44. The SMILES string of the molecule is Cc1ccc(N2C(=O)c3oc4ccc(Br)cc4c(=O)c3C2c2cccc(Oc3ccccc3)c2)cc1. The molecule has 0 spiro atoms. The molecule has 176 valence electrons. The van der Waals surface area contributed by atoms with E-state index >= 15 is 0 Å². The predicted molar refractivity (Wildman–Crippen MR) is 143 cm³/mol. The Bertz CT molecular complexity index is 1680. The number of rotatable bonds is 4. The van der Waals surface area contributed by atoms with Crippen LogP contribution in [0.15, 0.2) is 111 Å². The molecule has 6 heteroatoms. The van der Waals surface area contributed by atoms with E-state index in [1.165, 1.54) is 0 Å². The Morgan fingerprint density at radius 1 is 0.833 bits per heavy atom. The Morgan fingerprint density at radius 2 is 1.58 bits per heavy atom. The monoisotopic (exact) mass is 537 g/mol. The van der Waals surface area contributed by atoms with Crippen molar-refractivity contribution in [3.05, 3.63) is 134 Å². The average molecular weight is 538 g/mol. The van der Waals surface area contributed by atoms with Crippen LogP contribution in [0, 0.1) is 6.92 Å². The van der Waals surface area contributed by atoms with E-state index in [1.54, 1.807) is 23.1 Å². The van der Waals surface area contributed by atoms with Gasteiger partial charge in [-0.05, 0) is 67.1 Å². The number of fused-ring (bicyclic) bond motifs is 2. The third-order valence-electron chi connectivity index (χ3n) is 6.30. The summed E-state index contributed by atoms with van der Waals surface area (Å²) in [5.41, 5.74) is 2.97. The molecular formula is C30H20BrNO4. The lowest BCUT2D eigenvalue weighted by Gasteiger charge is -2.25. The summed E-state index contributed by atoms with van der Waals surface area (Å²) in [6, 6.07) is 29.2. The third kappa shape index (κ3) is 3.80. The first-order chi connectivity index (χ1) is 17.5. The average Bonchev–Trinajstić information content (AvgIpc) is 3.18. The minimum Gasteiger partial charge on any atom is -0.457 e. The quantitative estimate of drug-likeness (QED) is 0.239. The number of carbonyl (C=O) groups excluding carboxylic acids is 1. The number of carbonyl (C=O) groups is 1. The number of nitrogens with zero attached hydrogens (tertiary/aromatic N) is 1. The van der Waals surface area contributed by atoms with Crippen LogP contribution < -0.4 is 15.1 Å². The number of halogens is 1. The zero-order valence-electron chi connectivity index (χ0n) is 19.3. The van der Waals surface area contributed by atoms with E-state index in [1.807, 2.05) is 85.8 Å². The van der Waals surface area contributed by atoms with Crippen molar-refractivity contribution in [2.75, 3.05) is 4.90 Å². The Balaban J connectivity index is 1.55. The number of benzene rings is 4. The highest BCUT2D eigenvalue weighted by molar-refractivity contribution is 9.10. The zero-order valence-corrected chi connectivity index (χ0v) is 20.9. The molecule has 5 nitrogen and oxygen atoms in total. The second-order valence-electron chi connectivity index (χ2n) is 8.72. The Morgan fingerprint density at radius 3 is 2.36 bits per heavy atom. The van der Waals surface area contributed by atoms with Crippen LogP contribution >= 0.6 is 15.9 Å². The summed E-state index contributed by atoms with van der Waals surface area (Å²) in [6.07, 6.45) is 0. The van der Waals surface area contributed by atoms with Crippen molar-refractivity contribution in [1.82, 2.24) is 0 Å². The standard InChI is InChI=1S/C30H20BrNO4/c1-18-10-13-21(14-11-18)32-27(19-6-5-9-23(16-19)35-22-7-3-2-4-8-22)26-28(33)24-17-20(31)12-15-25(24)36-29(26)30(32)34/h2-17,27H,1H3. The van der Waals surface area contributed by atoms with Gasteiger partial charge in [-0.1, -0.05) is 64.0 Å². The highest BCUT2D eigenvalue weighted by Crippen LogP contribution is 2.42. The lowest BCUT2D eigenvalue weighted by atomic mass is 9.98. The first-order valence-corrected chi connectivity index (χ1v) is 12.3. The van der Waals surface area contributed by atoms with Crippen LogP contribution in [0.5, 0.6) is 11.5 Å². The maximum Gasteiger partial charge on any atom is 0.295 e. The molecule has 0 bridgehead atoms. The van der Waals surface area contributed by atoms with E-state index in [2.05, 4.69) is 15.9 Å². The Kier molecular flexibility index (Phi) is 5.46. The van der Waals surface area contributed by atoms with Gasteiger partial charge in [-0.25, -0.2) is 0 Å². The van der Waals surface area contributed by atoms with Crippen molar-refractivity contribution in [2.24, 2.45) is 0 Å². The minimum atomic E-state index is -0.672. The fraction of sp³-hybridized carbons (Fsp3) is 0.0667. The fourth-order valence-electron chi connectivity index (χ4n) is 4.60. The highest BCUT2D eigenvalue weighted by Gasteiger charge is 2.43. The van der Waals surface area contributed by atoms with Crippen molar-refractivity contribution in [3.63, 3.8) is 0 Å².